The van der Waals surface area contributed by atoms with Crippen molar-refractivity contribution in [2.24, 2.45) is 0 Å². The van der Waals surface area contributed by atoms with Crippen molar-refractivity contribution in [1.29, 1.82) is 0 Å². The number of rotatable bonds is 6. The molecule has 24 heavy (non-hydrogen) atoms. The highest BCUT2D eigenvalue weighted by Gasteiger charge is 2.06. The second-order valence-electron chi connectivity index (χ2n) is 5.22. The molecule has 3 rings (SSSR count). The molecule has 124 valence electrons. The summed E-state index contributed by atoms with van der Waals surface area (Å²) in [4.78, 5) is 4.40. The van der Waals surface area contributed by atoms with Gasteiger partial charge in [0.25, 0.3) is 0 Å². The minimum atomic E-state index is 0.398. The summed E-state index contributed by atoms with van der Waals surface area (Å²) in [5, 5.41) is 0. The van der Waals surface area contributed by atoms with Crippen LogP contribution < -0.4 is 9.47 Å². The summed E-state index contributed by atoms with van der Waals surface area (Å²) >= 11 is 7.04. The molecule has 0 bridgehead atoms. The van der Waals surface area contributed by atoms with Crippen molar-refractivity contribution >= 4 is 31.9 Å². The lowest BCUT2D eigenvalue weighted by atomic mass is 10.2. The number of methoxy groups -OCH3 is 1. The van der Waals surface area contributed by atoms with Gasteiger partial charge in [0.05, 0.1) is 7.11 Å². The van der Waals surface area contributed by atoms with E-state index in [0.29, 0.717) is 6.61 Å². The maximum absolute atomic E-state index is 5.84. The molecule has 0 N–H and O–H groups in total. The van der Waals surface area contributed by atoms with Crippen LogP contribution in [0.3, 0.4) is 0 Å². The summed E-state index contributed by atoms with van der Waals surface area (Å²) in [6.45, 7) is 1.13. The lowest BCUT2D eigenvalue weighted by Gasteiger charge is -2.11. The molecular weight excluding hydrogens is 436 g/mol. The molecule has 0 amide bonds. The highest BCUT2D eigenvalue weighted by Crippen LogP contribution is 2.22. The Bertz CT molecular complexity index is 813. The summed E-state index contributed by atoms with van der Waals surface area (Å²) in [5.41, 5.74) is 1.18. The second kappa shape index (κ2) is 7.85. The van der Waals surface area contributed by atoms with E-state index >= 15 is 0 Å². The van der Waals surface area contributed by atoms with Gasteiger partial charge in [-0.2, -0.15) is 0 Å². The monoisotopic (exact) mass is 450 g/mol. The fourth-order valence-corrected chi connectivity index (χ4v) is 3.75. The molecule has 4 nitrogen and oxygen atoms in total. The van der Waals surface area contributed by atoms with Gasteiger partial charge in [-0.3, -0.25) is 0 Å². The van der Waals surface area contributed by atoms with E-state index in [1.54, 1.807) is 13.3 Å². The fraction of sp³-hybridized carbons (Fsp3) is 0.167. The third kappa shape index (κ3) is 4.39. The number of imidazole rings is 1. The SMILES string of the molecule is COc1cccc(OCc2nccn2Cc2cc(Br)cc(Br)c2)c1. The molecule has 1 heterocycles. The van der Waals surface area contributed by atoms with Gasteiger partial charge < -0.3 is 14.0 Å². The second-order valence-corrected chi connectivity index (χ2v) is 7.05. The van der Waals surface area contributed by atoms with Crippen LogP contribution in [0.1, 0.15) is 11.4 Å². The van der Waals surface area contributed by atoms with E-state index in [1.807, 2.05) is 36.5 Å². The van der Waals surface area contributed by atoms with Gasteiger partial charge in [-0.15, -0.1) is 0 Å². The number of aromatic nitrogens is 2. The third-order valence-electron chi connectivity index (χ3n) is 3.49. The summed E-state index contributed by atoms with van der Waals surface area (Å²) in [5.74, 6) is 2.40. The van der Waals surface area contributed by atoms with Crippen LogP contribution in [0, 0.1) is 0 Å². The van der Waals surface area contributed by atoms with Crippen molar-refractivity contribution in [3.05, 3.63) is 75.2 Å². The molecule has 0 aliphatic heterocycles. The molecule has 2 aromatic carbocycles. The first-order valence-electron chi connectivity index (χ1n) is 7.36. The van der Waals surface area contributed by atoms with Crippen LogP contribution in [-0.2, 0) is 13.2 Å². The molecule has 0 saturated heterocycles. The number of ether oxygens (including phenoxy) is 2. The van der Waals surface area contributed by atoms with E-state index in [2.05, 4.69) is 53.5 Å². The van der Waals surface area contributed by atoms with Gasteiger partial charge in [0.15, 0.2) is 0 Å². The number of hydrogen-bond acceptors (Lipinski definition) is 3. The quantitative estimate of drug-likeness (QED) is 0.526. The van der Waals surface area contributed by atoms with Gasteiger partial charge in [0.2, 0.25) is 0 Å². The Labute approximate surface area is 157 Å². The smallest absolute Gasteiger partial charge is 0.147 e. The normalized spacial score (nSPS) is 10.6. The Kier molecular flexibility index (Phi) is 5.58. The highest BCUT2D eigenvalue weighted by atomic mass is 79.9. The zero-order chi connectivity index (χ0) is 16.9. The van der Waals surface area contributed by atoms with Gasteiger partial charge in [-0.1, -0.05) is 37.9 Å². The van der Waals surface area contributed by atoms with E-state index in [-0.39, 0.29) is 0 Å². The van der Waals surface area contributed by atoms with Crippen LogP contribution in [0.15, 0.2) is 63.8 Å². The van der Waals surface area contributed by atoms with E-state index in [1.165, 1.54) is 5.56 Å². The Morgan fingerprint density at radius 1 is 1.04 bits per heavy atom. The van der Waals surface area contributed by atoms with Crippen molar-refractivity contribution in [3.8, 4) is 11.5 Å². The predicted octanol–water partition coefficient (Wildman–Crippen LogP) is 5.04. The standard InChI is InChI=1S/C18H16Br2N2O2/c1-23-16-3-2-4-17(10-16)24-12-18-21-5-6-22(18)11-13-7-14(19)9-15(20)8-13/h2-10H,11-12H2,1H3. The van der Waals surface area contributed by atoms with Crippen LogP contribution in [0.2, 0.25) is 0 Å². The molecule has 6 heteroatoms. The molecule has 0 radical (unpaired) electrons. The van der Waals surface area contributed by atoms with Crippen molar-refractivity contribution in [1.82, 2.24) is 9.55 Å². The van der Waals surface area contributed by atoms with Crippen molar-refractivity contribution in [2.45, 2.75) is 13.2 Å². The van der Waals surface area contributed by atoms with Crippen molar-refractivity contribution in [3.63, 3.8) is 0 Å². The predicted molar refractivity (Wildman–Crippen MR) is 100 cm³/mol. The minimum absolute atomic E-state index is 0.398. The van der Waals surface area contributed by atoms with E-state index in [0.717, 1.165) is 32.8 Å². The zero-order valence-corrected chi connectivity index (χ0v) is 16.2. The zero-order valence-electron chi connectivity index (χ0n) is 13.1. The van der Waals surface area contributed by atoms with Crippen LogP contribution in [0.25, 0.3) is 0 Å². The molecule has 0 spiro atoms. The van der Waals surface area contributed by atoms with Crippen LogP contribution in [0.5, 0.6) is 11.5 Å². The average molecular weight is 452 g/mol. The minimum Gasteiger partial charge on any atom is -0.497 e. The van der Waals surface area contributed by atoms with E-state index in [4.69, 9.17) is 9.47 Å². The van der Waals surface area contributed by atoms with Gasteiger partial charge in [-0.25, -0.2) is 4.98 Å². The summed E-state index contributed by atoms with van der Waals surface area (Å²) in [7, 11) is 1.64. The molecule has 0 aliphatic carbocycles. The molecule has 3 aromatic rings. The summed E-state index contributed by atoms with van der Waals surface area (Å²) in [6, 6.07) is 13.8. The van der Waals surface area contributed by atoms with Crippen molar-refractivity contribution < 1.29 is 9.47 Å². The lowest BCUT2D eigenvalue weighted by Crippen LogP contribution is -2.08. The first-order valence-corrected chi connectivity index (χ1v) is 8.94. The topological polar surface area (TPSA) is 36.3 Å². The molecule has 0 saturated carbocycles. The van der Waals surface area contributed by atoms with E-state index in [9.17, 15) is 0 Å². The fourth-order valence-electron chi connectivity index (χ4n) is 2.36. The first-order chi connectivity index (χ1) is 11.6. The van der Waals surface area contributed by atoms with Crippen LogP contribution >= 0.6 is 31.9 Å². The largest absolute Gasteiger partial charge is 0.497 e. The maximum atomic E-state index is 5.84. The molecule has 0 aliphatic rings. The van der Waals surface area contributed by atoms with Crippen LogP contribution in [0.4, 0.5) is 0 Å². The van der Waals surface area contributed by atoms with Crippen LogP contribution in [-0.4, -0.2) is 16.7 Å². The summed E-state index contributed by atoms with van der Waals surface area (Å²) < 4.78 is 15.2. The Morgan fingerprint density at radius 3 is 2.54 bits per heavy atom. The lowest BCUT2D eigenvalue weighted by molar-refractivity contribution is 0.288. The summed E-state index contributed by atoms with van der Waals surface area (Å²) in [6.07, 6.45) is 3.75. The molecule has 0 fully saturated rings. The number of nitrogens with zero attached hydrogens (tertiary/aromatic N) is 2. The highest BCUT2D eigenvalue weighted by molar-refractivity contribution is 9.11. The third-order valence-corrected chi connectivity index (χ3v) is 4.40. The van der Waals surface area contributed by atoms with Gasteiger partial charge in [0, 0.05) is 34.0 Å². The average Bonchev–Trinajstić information content (AvgIpc) is 2.99. The van der Waals surface area contributed by atoms with Gasteiger partial charge in [0.1, 0.15) is 23.9 Å². The Morgan fingerprint density at radius 2 is 1.79 bits per heavy atom. The maximum Gasteiger partial charge on any atom is 0.147 e. The first kappa shape index (κ1) is 17.0. The Hall–Kier alpha value is -1.79. The Balaban J connectivity index is 1.70. The van der Waals surface area contributed by atoms with Gasteiger partial charge in [-0.05, 0) is 35.9 Å². The number of benzene rings is 2. The number of halogens is 2. The van der Waals surface area contributed by atoms with Crippen molar-refractivity contribution in [2.75, 3.05) is 7.11 Å². The number of hydrogen-bond donors (Lipinski definition) is 0. The molecule has 0 atom stereocenters. The molecule has 1 aromatic heterocycles. The molecular formula is C18H16Br2N2O2. The van der Waals surface area contributed by atoms with Gasteiger partial charge >= 0.3 is 0 Å². The molecule has 0 unspecified atom stereocenters. The van der Waals surface area contributed by atoms with E-state index < -0.39 is 0 Å².